The highest BCUT2D eigenvalue weighted by Gasteiger charge is 2.19. The molecular formula is C13H14Cl2INO. The molecule has 0 spiro atoms. The standard InChI is InChI=1S/C13H14Cl2INO/c14-8-6-10(12(16)11(15)7-8)13(18)17-9-4-2-1-3-5-9/h6-7,9H,1-5H2,(H,17,18). The van der Waals surface area contributed by atoms with Crippen molar-refractivity contribution in [3.05, 3.63) is 31.3 Å². The molecule has 2 nitrogen and oxygen atoms in total. The average Bonchev–Trinajstić information content (AvgIpc) is 2.35. The van der Waals surface area contributed by atoms with Gasteiger partial charge in [0.15, 0.2) is 0 Å². The van der Waals surface area contributed by atoms with Gasteiger partial charge < -0.3 is 5.32 Å². The molecule has 1 aliphatic rings. The monoisotopic (exact) mass is 397 g/mol. The third-order valence-corrected chi connectivity index (χ3v) is 5.18. The van der Waals surface area contributed by atoms with Crippen LogP contribution in [0.4, 0.5) is 0 Å². The molecule has 0 aliphatic heterocycles. The number of amides is 1. The predicted octanol–water partition coefficient (Wildman–Crippen LogP) is 4.66. The molecule has 1 fully saturated rings. The highest BCUT2D eigenvalue weighted by Crippen LogP contribution is 2.27. The lowest BCUT2D eigenvalue weighted by Gasteiger charge is -2.23. The van der Waals surface area contributed by atoms with Crippen LogP contribution in [-0.2, 0) is 0 Å². The number of hydrogen-bond donors (Lipinski definition) is 1. The molecule has 1 aromatic rings. The summed E-state index contributed by atoms with van der Waals surface area (Å²) >= 11 is 14.1. The summed E-state index contributed by atoms with van der Waals surface area (Å²) in [6.07, 6.45) is 5.79. The van der Waals surface area contributed by atoms with Crippen LogP contribution in [0, 0.1) is 3.57 Å². The van der Waals surface area contributed by atoms with E-state index in [0.29, 0.717) is 21.7 Å². The topological polar surface area (TPSA) is 29.1 Å². The van der Waals surface area contributed by atoms with Crippen LogP contribution in [0.15, 0.2) is 12.1 Å². The Balaban J connectivity index is 2.13. The fourth-order valence-corrected chi connectivity index (χ4v) is 3.28. The number of benzene rings is 1. The molecule has 0 unspecified atom stereocenters. The van der Waals surface area contributed by atoms with Crippen molar-refractivity contribution in [3.63, 3.8) is 0 Å². The van der Waals surface area contributed by atoms with E-state index in [2.05, 4.69) is 27.9 Å². The SMILES string of the molecule is O=C(NC1CCCCC1)c1cc(Cl)cc(Cl)c1I. The minimum atomic E-state index is -0.0734. The van der Waals surface area contributed by atoms with E-state index >= 15 is 0 Å². The van der Waals surface area contributed by atoms with Crippen molar-refractivity contribution in [1.29, 1.82) is 0 Å². The molecule has 1 amide bonds. The van der Waals surface area contributed by atoms with Crippen LogP contribution in [0.1, 0.15) is 42.5 Å². The molecule has 98 valence electrons. The largest absolute Gasteiger partial charge is 0.349 e. The van der Waals surface area contributed by atoms with Gasteiger partial charge in [0, 0.05) is 14.6 Å². The van der Waals surface area contributed by atoms with Gasteiger partial charge in [-0.2, -0.15) is 0 Å². The molecule has 1 saturated carbocycles. The Kier molecular flexibility index (Phi) is 5.15. The first-order valence-electron chi connectivity index (χ1n) is 6.03. The highest BCUT2D eigenvalue weighted by molar-refractivity contribution is 14.1. The van der Waals surface area contributed by atoms with Gasteiger partial charge in [-0.1, -0.05) is 42.5 Å². The van der Waals surface area contributed by atoms with E-state index in [1.54, 1.807) is 12.1 Å². The first kappa shape index (κ1) is 14.4. The van der Waals surface area contributed by atoms with Gasteiger partial charge in [-0.15, -0.1) is 0 Å². The number of halogens is 3. The van der Waals surface area contributed by atoms with Gasteiger partial charge in [-0.3, -0.25) is 4.79 Å². The summed E-state index contributed by atoms with van der Waals surface area (Å²) in [5.74, 6) is -0.0734. The Hall–Kier alpha value is -0.000000000000000111. The molecular weight excluding hydrogens is 384 g/mol. The second-order valence-corrected chi connectivity index (χ2v) is 6.48. The molecule has 2 rings (SSSR count). The van der Waals surface area contributed by atoms with Crippen LogP contribution in [0.5, 0.6) is 0 Å². The molecule has 0 radical (unpaired) electrons. The van der Waals surface area contributed by atoms with Crippen LogP contribution in [0.3, 0.4) is 0 Å². The van der Waals surface area contributed by atoms with E-state index in [9.17, 15) is 4.79 Å². The first-order valence-corrected chi connectivity index (χ1v) is 7.87. The molecule has 0 bridgehead atoms. The number of carbonyl (C=O) groups is 1. The van der Waals surface area contributed by atoms with Crippen molar-refractivity contribution in [2.24, 2.45) is 0 Å². The quantitative estimate of drug-likeness (QED) is 0.570. The van der Waals surface area contributed by atoms with Crippen molar-refractivity contribution in [2.75, 3.05) is 0 Å². The molecule has 0 aromatic heterocycles. The Morgan fingerprint density at radius 2 is 1.89 bits per heavy atom. The fourth-order valence-electron chi connectivity index (χ4n) is 2.23. The van der Waals surface area contributed by atoms with Gasteiger partial charge in [0.05, 0.1) is 10.6 Å². The maximum atomic E-state index is 12.2. The molecule has 18 heavy (non-hydrogen) atoms. The molecule has 1 aliphatic carbocycles. The first-order chi connectivity index (χ1) is 8.58. The Bertz CT molecular complexity index is 459. The summed E-state index contributed by atoms with van der Waals surface area (Å²) in [5.41, 5.74) is 0.568. The van der Waals surface area contributed by atoms with E-state index in [4.69, 9.17) is 23.2 Å². The minimum absolute atomic E-state index is 0.0734. The van der Waals surface area contributed by atoms with Gasteiger partial charge in [0.2, 0.25) is 0 Å². The van der Waals surface area contributed by atoms with Gasteiger partial charge in [0.1, 0.15) is 0 Å². The second-order valence-electron chi connectivity index (χ2n) is 4.56. The molecule has 5 heteroatoms. The fraction of sp³-hybridized carbons (Fsp3) is 0.462. The molecule has 1 aromatic carbocycles. The summed E-state index contributed by atoms with van der Waals surface area (Å²) < 4.78 is 0.756. The van der Waals surface area contributed by atoms with Gasteiger partial charge in [-0.05, 0) is 47.6 Å². The molecule has 0 saturated heterocycles. The van der Waals surface area contributed by atoms with Crippen LogP contribution < -0.4 is 5.32 Å². The van der Waals surface area contributed by atoms with Crippen molar-refractivity contribution in [2.45, 2.75) is 38.1 Å². The van der Waals surface area contributed by atoms with E-state index in [1.807, 2.05) is 0 Å². The minimum Gasteiger partial charge on any atom is -0.349 e. The van der Waals surface area contributed by atoms with Crippen molar-refractivity contribution in [1.82, 2.24) is 5.32 Å². The number of hydrogen-bond acceptors (Lipinski definition) is 1. The second kappa shape index (κ2) is 6.44. The zero-order valence-electron chi connectivity index (χ0n) is 9.81. The average molecular weight is 398 g/mol. The Labute approximate surface area is 131 Å². The van der Waals surface area contributed by atoms with Gasteiger partial charge >= 0.3 is 0 Å². The molecule has 0 atom stereocenters. The van der Waals surface area contributed by atoms with Gasteiger partial charge in [0.25, 0.3) is 5.91 Å². The molecule has 1 N–H and O–H groups in total. The van der Waals surface area contributed by atoms with Crippen LogP contribution >= 0.6 is 45.8 Å². The number of carbonyl (C=O) groups excluding carboxylic acids is 1. The van der Waals surface area contributed by atoms with Crippen molar-refractivity contribution in [3.8, 4) is 0 Å². The van der Waals surface area contributed by atoms with Crippen molar-refractivity contribution < 1.29 is 4.79 Å². The zero-order chi connectivity index (χ0) is 13.1. The number of nitrogens with one attached hydrogen (secondary N) is 1. The normalized spacial score (nSPS) is 16.6. The van der Waals surface area contributed by atoms with Crippen LogP contribution in [0.2, 0.25) is 10.0 Å². The summed E-state index contributed by atoms with van der Waals surface area (Å²) in [5, 5.41) is 4.09. The zero-order valence-corrected chi connectivity index (χ0v) is 13.5. The third-order valence-electron chi connectivity index (χ3n) is 3.18. The lowest BCUT2D eigenvalue weighted by atomic mass is 9.95. The van der Waals surface area contributed by atoms with Gasteiger partial charge in [-0.25, -0.2) is 0 Å². The van der Waals surface area contributed by atoms with E-state index < -0.39 is 0 Å². The van der Waals surface area contributed by atoms with E-state index in [-0.39, 0.29) is 5.91 Å². The lowest BCUT2D eigenvalue weighted by Crippen LogP contribution is -2.36. The highest BCUT2D eigenvalue weighted by atomic mass is 127. The summed E-state index contributed by atoms with van der Waals surface area (Å²) in [6.45, 7) is 0. The van der Waals surface area contributed by atoms with Crippen LogP contribution in [-0.4, -0.2) is 11.9 Å². The van der Waals surface area contributed by atoms with Crippen LogP contribution in [0.25, 0.3) is 0 Å². The van der Waals surface area contributed by atoms with E-state index in [1.165, 1.54) is 19.3 Å². The maximum absolute atomic E-state index is 12.2. The summed E-state index contributed by atoms with van der Waals surface area (Å²) in [4.78, 5) is 12.2. The van der Waals surface area contributed by atoms with E-state index in [0.717, 1.165) is 16.4 Å². The predicted molar refractivity (Wildman–Crippen MR) is 83.5 cm³/mol. The number of rotatable bonds is 2. The third kappa shape index (κ3) is 3.52. The summed E-state index contributed by atoms with van der Waals surface area (Å²) in [6, 6.07) is 3.62. The molecule has 0 heterocycles. The summed E-state index contributed by atoms with van der Waals surface area (Å²) in [7, 11) is 0. The van der Waals surface area contributed by atoms with Crippen molar-refractivity contribution >= 4 is 51.7 Å². The lowest BCUT2D eigenvalue weighted by molar-refractivity contribution is 0.0927. The smallest absolute Gasteiger partial charge is 0.252 e. The Morgan fingerprint density at radius 3 is 2.56 bits per heavy atom. The Morgan fingerprint density at radius 1 is 1.22 bits per heavy atom. The maximum Gasteiger partial charge on any atom is 0.252 e.